The van der Waals surface area contributed by atoms with E-state index in [1.54, 1.807) is 11.1 Å². The lowest BCUT2D eigenvalue weighted by atomic mass is 9.91. The smallest absolute Gasteiger partial charge is 0.317 e. The first-order valence-corrected chi connectivity index (χ1v) is 15.1. The number of amides is 2. The van der Waals surface area contributed by atoms with Gasteiger partial charge in [0.15, 0.2) is 5.82 Å². The van der Waals surface area contributed by atoms with Crippen LogP contribution >= 0.6 is 0 Å². The highest BCUT2D eigenvalue weighted by Crippen LogP contribution is 2.33. The second-order valence-corrected chi connectivity index (χ2v) is 11.2. The topological polar surface area (TPSA) is 101 Å². The monoisotopic (exact) mass is 563 g/mol. The van der Waals surface area contributed by atoms with Gasteiger partial charge in [-0.2, -0.15) is 0 Å². The summed E-state index contributed by atoms with van der Waals surface area (Å²) in [5.41, 5.74) is 2.17. The minimum absolute atomic E-state index is 0.00591. The van der Waals surface area contributed by atoms with Crippen LogP contribution in [-0.4, -0.2) is 68.3 Å². The lowest BCUT2D eigenvalue weighted by Gasteiger charge is -2.32. The molecule has 1 aliphatic rings. The second kappa shape index (κ2) is 13.9. The average Bonchev–Trinajstić information content (AvgIpc) is 3.60. The van der Waals surface area contributed by atoms with Crippen molar-refractivity contribution in [2.24, 2.45) is 0 Å². The summed E-state index contributed by atoms with van der Waals surface area (Å²) >= 11 is 0. The average molecular weight is 564 g/mol. The Bertz CT molecular complexity index is 1430. The first-order chi connectivity index (χ1) is 20.0. The van der Waals surface area contributed by atoms with Gasteiger partial charge in [-0.3, -0.25) is 0 Å². The number of rotatable bonds is 13. The molecule has 0 unspecified atom stereocenters. The number of H-pyrrole nitrogens is 1. The van der Waals surface area contributed by atoms with Crippen LogP contribution in [0.4, 0.5) is 9.18 Å². The van der Waals surface area contributed by atoms with Gasteiger partial charge >= 0.3 is 6.03 Å². The van der Waals surface area contributed by atoms with Crippen molar-refractivity contribution in [2.75, 3.05) is 26.8 Å². The van der Waals surface area contributed by atoms with E-state index in [-0.39, 0.29) is 18.1 Å². The molecule has 9 nitrogen and oxygen atoms in total. The van der Waals surface area contributed by atoms with Crippen molar-refractivity contribution < 1.29 is 13.9 Å². The molecule has 4 aromatic heterocycles. The maximum absolute atomic E-state index is 13.9. The summed E-state index contributed by atoms with van der Waals surface area (Å²) < 4.78 is 21.8. The predicted molar refractivity (Wildman–Crippen MR) is 159 cm³/mol. The standard InChI is InChI=1S/C31H42FN7O2/c1-3-4-7-15-41-16-8-5-6-13-38(2)31(40)36-24-10-9-11-25(18-24)39-14-12-22-19-33-29(37-30(22)39)27-21-35-28-26(27)17-23(32)20-34-28/h12,14,17,19-21,24-25H,3-11,13,15-16,18H2,1-2H3,(H,34,35)(H,36,40)/t24-,25+/m1/s1. The van der Waals surface area contributed by atoms with Crippen LogP contribution in [0.25, 0.3) is 33.5 Å². The van der Waals surface area contributed by atoms with Gasteiger partial charge in [-0.25, -0.2) is 24.1 Å². The Kier molecular flexibility index (Phi) is 9.82. The van der Waals surface area contributed by atoms with E-state index in [1.807, 2.05) is 19.3 Å². The summed E-state index contributed by atoms with van der Waals surface area (Å²) in [6.07, 6.45) is 17.4. The largest absolute Gasteiger partial charge is 0.381 e. The zero-order valence-corrected chi connectivity index (χ0v) is 24.2. The molecule has 1 fully saturated rings. The summed E-state index contributed by atoms with van der Waals surface area (Å²) in [7, 11) is 1.88. The van der Waals surface area contributed by atoms with Crippen molar-refractivity contribution in [3.63, 3.8) is 0 Å². The number of halogens is 1. The van der Waals surface area contributed by atoms with E-state index in [1.165, 1.54) is 25.1 Å². The molecule has 4 heterocycles. The number of aromatic amines is 1. The number of carbonyl (C=O) groups is 1. The predicted octanol–water partition coefficient (Wildman–Crippen LogP) is 6.62. The number of aromatic nitrogens is 5. The fourth-order valence-corrected chi connectivity index (χ4v) is 5.75. The van der Waals surface area contributed by atoms with Gasteiger partial charge in [0.2, 0.25) is 0 Å². The number of ether oxygens (including phenoxy) is 1. The van der Waals surface area contributed by atoms with Crippen LogP contribution in [0.3, 0.4) is 0 Å². The normalized spacial score (nSPS) is 17.3. The van der Waals surface area contributed by atoms with Gasteiger partial charge in [0.1, 0.15) is 17.1 Å². The fourth-order valence-electron chi connectivity index (χ4n) is 5.75. The molecule has 41 heavy (non-hydrogen) atoms. The number of hydrogen-bond acceptors (Lipinski definition) is 5. The molecule has 0 bridgehead atoms. The van der Waals surface area contributed by atoms with Crippen LogP contribution in [0.15, 0.2) is 36.9 Å². The van der Waals surface area contributed by atoms with Gasteiger partial charge in [0.05, 0.1) is 6.20 Å². The van der Waals surface area contributed by atoms with Crippen molar-refractivity contribution >= 4 is 28.1 Å². The molecule has 0 saturated heterocycles. The highest BCUT2D eigenvalue weighted by molar-refractivity contribution is 5.92. The molecule has 1 saturated carbocycles. The summed E-state index contributed by atoms with van der Waals surface area (Å²) in [4.78, 5) is 31.4. The molecule has 10 heteroatoms. The van der Waals surface area contributed by atoms with E-state index in [2.05, 4.69) is 38.0 Å². The molecule has 2 atom stereocenters. The molecule has 4 aromatic rings. The summed E-state index contributed by atoms with van der Waals surface area (Å²) in [5.74, 6) is 0.132. The maximum atomic E-state index is 13.9. The summed E-state index contributed by atoms with van der Waals surface area (Å²) in [6.45, 7) is 4.60. The molecule has 1 aliphatic carbocycles. The second-order valence-electron chi connectivity index (χ2n) is 11.2. The maximum Gasteiger partial charge on any atom is 0.317 e. The van der Waals surface area contributed by atoms with Crippen molar-refractivity contribution in [1.82, 2.24) is 34.7 Å². The van der Waals surface area contributed by atoms with E-state index in [9.17, 15) is 9.18 Å². The van der Waals surface area contributed by atoms with E-state index < -0.39 is 5.82 Å². The number of hydrogen-bond donors (Lipinski definition) is 2. The zero-order valence-electron chi connectivity index (χ0n) is 24.2. The summed E-state index contributed by atoms with van der Waals surface area (Å²) in [6, 6.07) is 3.81. The number of urea groups is 1. The minimum Gasteiger partial charge on any atom is -0.381 e. The highest BCUT2D eigenvalue weighted by atomic mass is 19.1. The van der Waals surface area contributed by atoms with Gasteiger partial charge in [-0.1, -0.05) is 19.8 Å². The third-order valence-electron chi connectivity index (χ3n) is 8.08. The third-order valence-corrected chi connectivity index (χ3v) is 8.08. The molecular weight excluding hydrogens is 521 g/mol. The highest BCUT2D eigenvalue weighted by Gasteiger charge is 2.26. The van der Waals surface area contributed by atoms with E-state index >= 15 is 0 Å². The van der Waals surface area contributed by atoms with Crippen LogP contribution in [0.1, 0.15) is 77.2 Å². The molecular formula is C31H42FN7O2. The van der Waals surface area contributed by atoms with Crippen LogP contribution in [0.5, 0.6) is 0 Å². The Morgan fingerprint density at radius 1 is 1.17 bits per heavy atom. The molecule has 2 N–H and O–H groups in total. The summed E-state index contributed by atoms with van der Waals surface area (Å²) in [5, 5.41) is 4.88. The molecule has 0 aliphatic heterocycles. The Hall–Kier alpha value is -3.53. The molecule has 0 radical (unpaired) electrons. The number of unbranched alkanes of at least 4 members (excludes halogenated alkanes) is 4. The first-order valence-electron chi connectivity index (χ1n) is 15.1. The number of pyridine rings is 1. The van der Waals surface area contributed by atoms with Crippen molar-refractivity contribution in [2.45, 2.75) is 83.2 Å². The van der Waals surface area contributed by atoms with Crippen molar-refractivity contribution in [1.29, 1.82) is 0 Å². The molecule has 220 valence electrons. The Morgan fingerprint density at radius 3 is 2.88 bits per heavy atom. The Balaban J connectivity index is 1.15. The zero-order chi connectivity index (χ0) is 28.6. The van der Waals surface area contributed by atoms with Gasteiger partial charge < -0.3 is 24.5 Å². The van der Waals surface area contributed by atoms with Gasteiger partial charge in [0.25, 0.3) is 0 Å². The Morgan fingerprint density at radius 2 is 2.02 bits per heavy atom. The number of fused-ring (bicyclic) bond motifs is 2. The van der Waals surface area contributed by atoms with E-state index in [0.717, 1.165) is 87.7 Å². The molecule has 5 rings (SSSR count). The first kappa shape index (κ1) is 29.0. The lowest BCUT2D eigenvalue weighted by Crippen LogP contribution is -2.45. The number of nitrogens with one attached hydrogen (secondary N) is 2. The lowest BCUT2D eigenvalue weighted by molar-refractivity contribution is 0.125. The SMILES string of the molecule is CCCCCOCCCCCN(C)C(=O)N[C@@H]1CCC[C@H](n2ccc3cnc(-c4c[nH]c5ncc(F)cc45)nc32)C1. The van der Waals surface area contributed by atoms with Crippen LogP contribution in [0.2, 0.25) is 0 Å². The number of carbonyl (C=O) groups excluding carboxylic acids is 1. The van der Waals surface area contributed by atoms with Crippen molar-refractivity contribution in [3.8, 4) is 11.4 Å². The number of nitrogens with zero attached hydrogens (tertiary/aromatic N) is 5. The molecule has 0 spiro atoms. The molecule has 0 aromatic carbocycles. The quantitative estimate of drug-likeness (QED) is 0.178. The minimum atomic E-state index is -0.397. The Labute approximate surface area is 240 Å². The third kappa shape index (κ3) is 7.22. The van der Waals surface area contributed by atoms with Crippen LogP contribution < -0.4 is 5.32 Å². The van der Waals surface area contributed by atoms with Gasteiger partial charge in [0, 0.05) is 73.8 Å². The van der Waals surface area contributed by atoms with E-state index in [4.69, 9.17) is 9.72 Å². The fraction of sp³-hybridized carbons (Fsp3) is 0.548. The van der Waals surface area contributed by atoms with Gasteiger partial charge in [-0.15, -0.1) is 0 Å². The van der Waals surface area contributed by atoms with Gasteiger partial charge in [-0.05, 0) is 63.5 Å². The van der Waals surface area contributed by atoms with Crippen LogP contribution in [-0.2, 0) is 4.74 Å². The van der Waals surface area contributed by atoms with Crippen molar-refractivity contribution in [3.05, 3.63) is 42.7 Å². The molecule has 2 amide bonds. The van der Waals surface area contributed by atoms with Crippen LogP contribution in [0, 0.1) is 5.82 Å². The van der Waals surface area contributed by atoms with E-state index in [0.29, 0.717) is 16.9 Å².